The van der Waals surface area contributed by atoms with E-state index < -0.39 is 0 Å². The van der Waals surface area contributed by atoms with Crippen molar-refractivity contribution in [3.63, 3.8) is 0 Å². The SMILES string of the molecule is Cc1[nH]nc(-c2ccco2)c1C(=O)NCc1ccncc1. The average molecular weight is 282 g/mol. The van der Waals surface area contributed by atoms with Crippen LogP contribution in [0.4, 0.5) is 0 Å². The molecule has 0 saturated carbocycles. The number of hydrogen-bond acceptors (Lipinski definition) is 4. The summed E-state index contributed by atoms with van der Waals surface area (Å²) in [6.45, 7) is 2.24. The summed E-state index contributed by atoms with van der Waals surface area (Å²) >= 11 is 0. The van der Waals surface area contributed by atoms with Gasteiger partial charge in [0.25, 0.3) is 5.91 Å². The Labute approximate surface area is 121 Å². The van der Waals surface area contributed by atoms with Crippen molar-refractivity contribution in [2.24, 2.45) is 0 Å². The minimum Gasteiger partial charge on any atom is -0.463 e. The van der Waals surface area contributed by atoms with Crippen molar-refractivity contribution in [1.82, 2.24) is 20.5 Å². The van der Waals surface area contributed by atoms with Crippen molar-refractivity contribution in [1.29, 1.82) is 0 Å². The summed E-state index contributed by atoms with van der Waals surface area (Å²) in [6, 6.07) is 7.25. The lowest BCUT2D eigenvalue weighted by Crippen LogP contribution is -2.23. The van der Waals surface area contributed by atoms with Gasteiger partial charge in [-0.1, -0.05) is 0 Å². The van der Waals surface area contributed by atoms with Gasteiger partial charge in [0.05, 0.1) is 11.8 Å². The van der Waals surface area contributed by atoms with E-state index in [1.165, 1.54) is 0 Å². The topological polar surface area (TPSA) is 83.8 Å². The Bertz CT molecular complexity index is 732. The molecule has 0 aliphatic rings. The van der Waals surface area contributed by atoms with Gasteiger partial charge in [-0.25, -0.2) is 0 Å². The summed E-state index contributed by atoms with van der Waals surface area (Å²) in [4.78, 5) is 16.3. The van der Waals surface area contributed by atoms with Crippen LogP contribution in [0.15, 0.2) is 47.3 Å². The lowest BCUT2D eigenvalue weighted by Gasteiger charge is -2.05. The Morgan fingerprint density at radius 1 is 1.33 bits per heavy atom. The standard InChI is InChI=1S/C15H14N4O2/c1-10-13(14(19-18-10)12-3-2-8-21-12)15(20)17-9-11-4-6-16-7-5-11/h2-8H,9H2,1H3,(H,17,20)(H,18,19). The molecule has 3 rings (SSSR count). The van der Waals surface area contributed by atoms with Crippen molar-refractivity contribution >= 4 is 5.91 Å². The zero-order valence-corrected chi connectivity index (χ0v) is 11.5. The normalized spacial score (nSPS) is 10.5. The van der Waals surface area contributed by atoms with Crippen molar-refractivity contribution in [2.45, 2.75) is 13.5 Å². The summed E-state index contributed by atoms with van der Waals surface area (Å²) in [6.07, 6.45) is 4.94. The minimum absolute atomic E-state index is 0.190. The monoisotopic (exact) mass is 282 g/mol. The number of rotatable bonds is 4. The van der Waals surface area contributed by atoms with E-state index >= 15 is 0 Å². The lowest BCUT2D eigenvalue weighted by molar-refractivity contribution is 0.0951. The Kier molecular flexibility index (Phi) is 3.51. The van der Waals surface area contributed by atoms with Crippen LogP contribution in [0.1, 0.15) is 21.6 Å². The first-order valence-corrected chi connectivity index (χ1v) is 6.51. The summed E-state index contributed by atoms with van der Waals surface area (Å²) in [5.41, 5.74) is 2.71. The highest BCUT2D eigenvalue weighted by molar-refractivity contribution is 6.00. The highest BCUT2D eigenvalue weighted by Gasteiger charge is 2.20. The average Bonchev–Trinajstić information content (AvgIpc) is 3.15. The third kappa shape index (κ3) is 2.69. The largest absolute Gasteiger partial charge is 0.463 e. The molecule has 0 aliphatic carbocycles. The predicted octanol–water partition coefficient (Wildman–Crippen LogP) is 2.30. The van der Waals surface area contributed by atoms with E-state index in [-0.39, 0.29) is 5.91 Å². The van der Waals surface area contributed by atoms with Crippen molar-refractivity contribution in [3.05, 3.63) is 59.7 Å². The minimum atomic E-state index is -0.190. The van der Waals surface area contributed by atoms with Gasteiger partial charge in [-0.3, -0.25) is 14.9 Å². The number of carbonyl (C=O) groups excluding carboxylic acids is 1. The van der Waals surface area contributed by atoms with Crippen LogP contribution >= 0.6 is 0 Å². The molecule has 0 unspecified atom stereocenters. The number of hydrogen-bond donors (Lipinski definition) is 2. The van der Waals surface area contributed by atoms with E-state index in [0.29, 0.717) is 29.3 Å². The van der Waals surface area contributed by atoms with Crippen LogP contribution in [0, 0.1) is 6.92 Å². The maximum absolute atomic E-state index is 12.4. The van der Waals surface area contributed by atoms with Crippen LogP contribution in [0.5, 0.6) is 0 Å². The summed E-state index contributed by atoms with van der Waals surface area (Å²) < 4.78 is 5.32. The first-order chi connectivity index (χ1) is 10.3. The molecule has 2 N–H and O–H groups in total. The number of H-pyrrole nitrogens is 1. The molecule has 0 atom stereocenters. The van der Waals surface area contributed by atoms with Crippen LogP contribution in [-0.2, 0) is 6.54 Å². The first-order valence-electron chi connectivity index (χ1n) is 6.51. The van der Waals surface area contributed by atoms with Crippen molar-refractivity contribution < 1.29 is 9.21 Å². The maximum Gasteiger partial charge on any atom is 0.255 e. The third-order valence-electron chi connectivity index (χ3n) is 3.13. The van der Waals surface area contributed by atoms with Crippen LogP contribution in [0.2, 0.25) is 0 Å². The molecule has 6 nitrogen and oxygen atoms in total. The fourth-order valence-electron chi connectivity index (χ4n) is 2.07. The van der Waals surface area contributed by atoms with Crippen LogP contribution in [0.3, 0.4) is 0 Å². The molecule has 3 aromatic heterocycles. The molecule has 1 amide bonds. The molecule has 0 spiro atoms. The summed E-state index contributed by atoms with van der Waals surface area (Å²) in [7, 11) is 0. The fraction of sp³-hybridized carbons (Fsp3) is 0.133. The number of nitrogens with zero attached hydrogens (tertiary/aromatic N) is 2. The van der Waals surface area contributed by atoms with E-state index in [9.17, 15) is 4.79 Å². The smallest absolute Gasteiger partial charge is 0.255 e. The van der Waals surface area contributed by atoms with E-state index in [0.717, 1.165) is 5.56 Å². The lowest BCUT2D eigenvalue weighted by atomic mass is 10.1. The second-order valence-corrected chi connectivity index (χ2v) is 4.59. The van der Waals surface area contributed by atoms with Crippen LogP contribution < -0.4 is 5.32 Å². The number of aromatic amines is 1. The molecule has 0 saturated heterocycles. The second kappa shape index (κ2) is 5.62. The number of amides is 1. The van der Waals surface area contributed by atoms with Gasteiger partial charge in [-0.2, -0.15) is 5.10 Å². The van der Waals surface area contributed by atoms with Gasteiger partial charge < -0.3 is 9.73 Å². The van der Waals surface area contributed by atoms with Gasteiger partial charge in [0.2, 0.25) is 0 Å². The van der Waals surface area contributed by atoms with E-state index in [4.69, 9.17) is 4.42 Å². The molecular formula is C15H14N4O2. The first kappa shape index (κ1) is 13.1. The van der Waals surface area contributed by atoms with Gasteiger partial charge in [-0.05, 0) is 36.8 Å². The second-order valence-electron chi connectivity index (χ2n) is 4.59. The molecule has 0 aromatic carbocycles. The number of carbonyl (C=O) groups is 1. The molecule has 106 valence electrons. The molecular weight excluding hydrogens is 268 g/mol. The summed E-state index contributed by atoms with van der Waals surface area (Å²) in [5, 5.41) is 9.84. The predicted molar refractivity (Wildman–Crippen MR) is 76.4 cm³/mol. The van der Waals surface area contributed by atoms with E-state index in [1.54, 1.807) is 37.7 Å². The number of aromatic nitrogens is 3. The molecule has 0 aliphatic heterocycles. The van der Waals surface area contributed by atoms with Gasteiger partial charge in [0.1, 0.15) is 5.69 Å². The number of nitrogens with one attached hydrogen (secondary N) is 2. The molecule has 0 bridgehead atoms. The van der Waals surface area contributed by atoms with Gasteiger partial charge in [0.15, 0.2) is 5.76 Å². The molecule has 0 radical (unpaired) electrons. The Morgan fingerprint density at radius 3 is 2.86 bits per heavy atom. The Hall–Kier alpha value is -2.89. The number of furan rings is 1. The molecule has 21 heavy (non-hydrogen) atoms. The highest BCUT2D eigenvalue weighted by Crippen LogP contribution is 2.23. The van der Waals surface area contributed by atoms with Gasteiger partial charge in [-0.15, -0.1) is 0 Å². The highest BCUT2D eigenvalue weighted by atomic mass is 16.3. The van der Waals surface area contributed by atoms with Crippen molar-refractivity contribution in [2.75, 3.05) is 0 Å². The van der Waals surface area contributed by atoms with Crippen LogP contribution in [0.25, 0.3) is 11.5 Å². The van der Waals surface area contributed by atoms with Crippen LogP contribution in [-0.4, -0.2) is 21.1 Å². The van der Waals surface area contributed by atoms with Gasteiger partial charge in [0, 0.05) is 24.6 Å². The van der Waals surface area contributed by atoms with E-state index in [1.807, 2.05) is 12.1 Å². The molecule has 6 heteroatoms. The molecule has 3 aromatic rings. The maximum atomic E-state index is 12.4. The van der Waals surface area contributed by atoms with Gasteiger partial charge >= 0.3 is 0 Å². The Balaban J connectivity index is 1.80. The number of aryl methyl sites for hydroxylation is 1. The quantitative estimate of drug-likeness (QED) is 0.769. The van der Waals surface area contributed by atoms with Crippen molar-refractivity contribution in [3.8, 4) is 11.5 Å². The van der Waals surface area contributed by atoms with E-state index in [2.05, 4.69) is 20.5 Å². The molecule has 3 heterocycles. The third-order valence-corrected chi connectivity index (χ3v) is 3.13. The zero-order chi connectivity index (χ0) is 14.7. The number of pyridine rings is 1. The molecule has 0 fully saturated rings. The summed E-state index contributed by atoms with van der Waals surface area (Å²) in [5.74, 6) is 0.373. The zero-order valence-electron chi connectivity index (χ0n) is 11.5. The fourth-order valence-corrected chi connectivity index (χ4v) is 2.07. The Morgan fingerprint density at radius 2 is 2.14 bits per heavy atom.